The molecule has 0 bridgehead atoms. The predicted molar refractivity (Wildman–Crippen MR) is 64.8 cm³/mol. The van der Waals surface area contributed by atoms with Crippen LogP contribution >= 0.6 is 11.6 Å². The van der Waals surface area contributed by atoms with Gasteiger partial charge in [-0.2, -0.15) is 0 Å². The summed E-state index contributed by atoms with van der Waals surface area (Å²) < 4.78 is 5.59. The number of anilines is 1. The summed E-state index contributed by atoms with van der Waals surface area (Å²) in [4.78, 5) is 0. The lowest BCUT2D eigenvalue weighted by Gasteiger charge is -1.98. The van der Waals surface area contributed by atoms with Crippen LogP contribution in [0.2, 0.25) is 5.02 Å². The molecule has 0 amide bonds. The van der Waals surface area contributed by atoms with Crippen LogP contribution in [0.3, 0.4) is 0 Å². The van der Waals surface area contributed by atoms with E-state index in [0.717, 1.165) is 5.39 Å². The van der Waals surface area contributed by atoms with E-state index in [1.165, 1.54) is 6.07 Å². The minimum Gasteiger partial charge on any atom is -0.506 e. The molecular weight excluding hydrogens is 226 g/mol. The number of hydrogen-bond donors (Lipinski definition) is 2. The van der Waals surface area contributed by atoms with E-state index in [-0.39, 0.29) is 5.75 Å². The van der Waals surface area contributed by atoms with Crippen LogP contribution in [0.1, 0.15) is 0 Å². The van der Waals surface area contributed by atoms with Crippen molar-refractivity contribution in [3.63, 3.8) is 0 Å². The second-order valence-corrected chi connectivity index (χ2v) is 4.05. The third-order valence-corrected chi connectivity index (χ3v) is 2.85. The Morgan fingerprint density at radius 1 is 1.12 bits per heavy atom. The lowest BCUT2D eigenvalue weighted by Crippen LogP contribution is -1.85. The fourth-order valence-electron chi connectivity index (χ4n) is 1.86. The van der Waals surface area contributed by atoms with Gasteiger partial charge in [-0.3, -0.25) is 0 Å². The van der Waals surface area contributed by atoms with Gasteiger partial charge in [0.05, 0.1) is 11.1 Å². The fourth-order valence-corrected chi connectivity index (χ4v) is 2.03. The molecule has 80 valence electrons. The highest BCUT2D eigenvalue weighted by Gasteiger charge is 2.12. The van der Waals surface area contributed by atoms with E-state index in [4.69, 9.17) is 21.8 Å². The maximum atomic E-state index is 9.56. The number of phenols is 1. The topological polar surface area (TPSA) is 59.4 Å². The van der Waals surface area contributed by atoms with Crippen LogP contribution in [-0.2, 0) is 0 Å². The van der Waals surface area contributed by atoms with Crippen molar-refractivity contribution in [3.05, 3.63) is 35.4 Å². The number of rotatable bonds is 0. The zero-order valence-corrected chi connectivity index (χ0v) is 8.95. The van der Waals surface area contributed by atoms with E-state index in [1.54, 1.807) is 24.3 Å². The standard InChI is InChI=1S/C12H8ClNO2/c13-6-1-3-9-7(5-6)11-10(16-9)4-2-8(15)12(11)14/h1-5,15H,14H2. The van der Waals surface area contributed by atoms with Crippen LogP contribution in [0.5, 0.6) is 5.75 Å². The number of nitrogen functional groups attached to an aromatic ring is 1. The number of phenolic OH excluding ortho intramolecular Hbond substituents is 1. The summed E-state index contributed by atoms with van der Waals surface area (Å²) in [6.07, 6.45) is 0. The van der Waals surface area contributed by atoms with Gasteiger partial charge in [0.2, 0.25) is 0 Å². The Balaban J connectivity index is 2.60. The van der Waals surface area contributed by atoms with Crippen molar-refractivity contribution >= 4 is 39.2 Å². The highest BCUT2D eigenvalue weighted by atomic mass is 35.5. The zero-order chi connectivity index (χ0) is 11.3. The molecule has 1 heterocycles. The Kier molecular flexibility index (Phi) is 1.79. The summed E-state index contributed by atoms with van der Waals surface area (Å²) in [5.74, 6) is 0.0511. The van der Waals surface area contributed by atoms with Crippen molar-refractivity contribution in [2.75, 3.05) is 5.73 Å². The molecular formula is C12H8ClNO2. The first-order valence-electron chi connectivity index (χ1n) is 4.76. The van der Waals surface area contributed by atoms with Crippen molar-refractivity contribution in [2.24, 2.45) is 0 Å². The number of aromatic hydroxyl groups is 1. The molecule has 0 spiro atoms. The summed E-state index contributed by atoms with van der Waals surface area (Å²) in [6, 6.07) is 8.52. The summed E-state index contributed by atoms with van der Waals surface area (Å²) in [7, 11) is 0. The largest absolute Gasteiger partial charge is 0.506 e. The highest BCUT2D eigenvalue weighted by molar-refractivity contribution is 6.32. The first-order valence-corrected chi connectivity index (χ1v) is 5.14. The molecule has 0 atom stereocenters. The summed E-state index contributed by atoms with van der Waals surface area (Å²) in [6.45, 7) is 0. The van der Waals surface area contributed by atoms with Crippen molar-refractivity contribution in [3.8, 4) is 5.75 Å². The molecule has 16 heavy (non-hydrogen) atoms. The van der Waals surface area contributed by atoms with Gasteiger partial charge in [-0.1, -0.05) is 11.6 Å². The van der Waals surface area contributed by atoms with Crippen LogP contribution in [0.4, 0.5) is 5.69 Å². The molecule has 0 saturated heterocycles. The first-order chi connectivity index (χ1) is 7.66. The Labute approximate surface area is 96.0 Å². The van der Waals surface area contributed by atoms with Gasteiger partial charge in [0, 0.05) is 10.4 Å². The lowest BCUT2D eigenvalue weighted by atomic mass is 10.1. The van der Waals surface area contributed by atoms with Gasteiger partial charge in [0.25, 0.3) is 0 Å². The minimum atomic E-state index is 0.0511. The van der Waals surface area contributed by atoms with E-state index < -0.39 is 0 Å². The molecule has 4 heteroatoms. The van der Waals surface area contributed by atoms with Gasteiger partial charge >= 0.3 is 0 Å². The van der Waals surface area contributed by atoms with Crippen LogP contribution in [0, 0.1) is 0 Å². The van der Waals surface area contributed by atoms with Crippen LogP contribution in [-0.4, -0.2) is 5.11 Å². The first kappa shape index (κ1) is 9.36. The van der Waals surface area contributed by atoms with Crippen LogP contribution < -0.4 is 5.73 Å². The lowest BCUT2D eigenvalue weighted by molar-refractivity contribution is 0.478. The molecule has 0 aliphatic heterocycles. The van der Waals surface area contributed by atoms with E-state index in [2.05, 4.69) is 0 Å². The second-order valence-electron chi connectivity index (χ2n) is 3.61. The summed E-state index contributed by atoms with van der Waals surface area (Å²) in [5, 5.41) is 11.7. The SMILES string of the molecule is Nc1c(O)ccc2oc3ccc(Cl)cc3c12. The van der Waals surface area contributed by atoms with E-state index in [0.29, 0.717) is 27.3 Å². The molecule has 0 radical (unpaired) electrons. The molecule has 3 nitrogen and oxygen atoms in total. The Bertz CT molecular complexity index is 703. The molecule has 0 unspecified atom stereocenters. The molecule has 2 aromatic carbocycles. The smallest absolute Gasteiger partial charge is 0.139 e. The number of fused-ring (bicyclic) bond motifs is 3. The number of hydrogen-bond acceptors (Lipinski definition) is 3. The van der Waals surface area contributed by atoms with Gasteiger partial charge in [-0.15, -0.1) is 0 Å². The molecule has 3 aromatic rings. The second kappa shape index (κ2) is 3.06. The van der Waals surface area contributed by atoms with E-state index in [1.807, 2.05) is 0 Å². The van der Waals surface area contributed by atoms with Gasteiger partial charge in [-0.25, -0.2) is 0 Å². The third kappa shape index (κ3) is 1.15. The average molecular weight is 234 g/mol. The maximum Gasteiger partial charge on any atom is 0.139 e. The monoisotopic (exact) mass is 233 g/mol. The fraction of sp³-hybridized carbons (Fsp3) is 0. The molecule has 1 aromatic heterocycles. The Hall–Kier alpha value is -1.87. The predicted octanol–water partition coefficient (Wildman–Crippen LogP) is 3.53. The van der Waals surface area contributed by atoms with Gasteiger partial charge < -0.3 is 15.3 Å². The van der Waals surface area contributed by atoms with Crippen molar-refractivity contribution in [2.45, 2.75) is 0 Å². The third-order valence-electron chi connectivity index (χ3n) is 2.62. The molecule has 3 N–H and O–H groups in total. The van der Waals surface area contributed by atoms with Crippen LogP contribution in [0.25, 0.3) is 21.9 Å². The number of furan rings is 1. The molecule has 0 saturated carbocycles. The Morgan fingerprint density at radius 2 is 1.88 bits per heavy atom. The minimum absolute atomic E-state index is 0.0511. The molecule has 0 aliphatic carbocycles. The number of nitrogens with two attached hydrogens (primary N) is 1. The maximum absolute atomic E-state index is 9.56. The summed E-state index contributed by atoms with van der Waals surface area (Å²) in [5.41, 5.74) is 7.50. The molecule has 0 aliphatic rings. The van der Waals surface area contributed by atoms with Gasteiger partial charge in [0.1, 0.15) is 16.9 Å². The molecule has 0 fully saturated rings. The van der Waals surface area contributed by atoms with E-state index >= 15 is 0 Å². The zero-order valence-electron chi connectivity index (χ0n) is 8.20. The Morgan fingerprint density at radius 3 is 2.69 bits per heavy atom. The van der Waals surface area contributed by atoms with Crippen LogP contribution in [0.15, 0.2) is 34.7 Å². The number of halogens is 1. The van der Waals surface area contributed by atoms with Crippen molar-refractivity contribution < 1.29 is 9.52 Å². The van der Waals surface area contributed by atoms with Crippen molar-refractivity contribution in [1.29, 1.82) is 0 Å². The number of benzene rings is 2. The average Bonchev–Trinajstić information content (AvgIpc) is 2.62. The molecule has 3 rings (SSSR count). The summed E-state index contributed by atoms with van der Waals surface area (Å²) >= 11 is 5.92. The normalized spacial score (nSPS) is 11.3. The highest BCUT2D eigenvalue weighted by Crippen LogP contribution is 2.38. The quantitative estimate of drug-likeness (QED) is 0.461. The van der Waals surface area contributed by atoms with Gasteiger partial charge in [-0.05, 0) is 30.3 Å². The van der Waals surface area contributed by atoms with E-state index in [9.17, 15) is 5.11 Å². The van der Waals surface area contributed by atoms with Gasteiger partial charge in [0.15, 0.2) is 0 Å². The van der Waals surface area contributed by atoms with Crippen molar-refractivity contribution in [1.82, 2.24) is 0 Å².